The standard InChI is InChI=1S/C15H22F2N2O2/c1-3-9-15(2,18)13(20)19-10-8-11-4-6-12(7-5-11)21-14(16)17/h4-7,14H,3,8-10,18H2,1-2H3,(H,19,20). The van der Waals surface area contributed by atoms with Gasteiger partial charge < -0.3 is 15.8 Å². The molecule has 0 saturated heterocycles. The molecule has 1 amide bonds. The van der Waals surface area contributed by atoms with Gasteiger partial charge in [-0.05, 0) is 37.5 Å². The maximum Gasteiger partial charge on any atom is 0.387 e. The third kappa shape index (κ3) is 6.08. The summed E-state index contributed by atoms with van der Waals surface area (Å²) in [5.41, 5.74) is 5.98. The van der Waals surface area contributed by atoms with E-state index in [-0.39, 0.29) is 11.7 Å². The van der Waals surface area contributed by atoms with Crippen molar-refractivity contribution in [2.45, 2.75) is 45.3 Å². The van der Waals surface area contributed by atoms with Gasteiger partial charge in [-0.15, -0.1) is 0 Å². The van der Waals surface area contributed by atoms with Gasteiger partial charge in [0.25, 0.3) is 0 Å². The zero-order valence-electron chi connectivity index (χ0n) is 12.4. The summed E-state index contributed by atoms with van der Waals surface area (Å²) < 4.78 is 28.3. The van der Waals surface area contributed by atoms with E-state index in [1.165, 1.54) is 12.1 Å². The molecule has 0 heterocycles. The molecule has 0 aliphatic heterocycles. The highest BCUT2D eigenvalue weighted by Crippen LogP contribution is 2.15. The second-order valence-corrected chi connectivity index (χ2v) is 5.20. The van der Waals surface area contributed by atoms with E-state index in [2.05, 4.69) is 10.1 Å². The average Bonchev–Trinajstić information content (AvgIpc) is 2.40. The first kappa shape index (κ1) is 17.4. The van der Waals surface area contributed by atoms with Crippen molar-refractivity contribution in [1.82, 2.24) is 5.32 Å². The van der Waals surface area contributed by atoms with Crippen LogP contribution in [0.2, 0.25) is 0 Å². The third-order valence-corrected chi connectivity index (χ3v) is 3.14. The zero-order chi connectivity index (χ0) is 15.9. The maximum absolute atomic E-state index is 12.0. The van der Waals surface area contributed by atoms with Crippen LogP contribution in [-0.2, 0) is 11.2 Å². The maximum atomic E-state index is 12.0. The summed E-state index contributed by atoms with van der Waals surface area (Å²) >= 11 is 0. The SMILES string of the molecule is CCCC(C)(N)C(=O)NCCc1ccc(OC(F)F)cc1. The summed E-state index contributed by atoms with van der Waals surface area (Å²) in [7, 11) is 0. The number of nitrogens with two attached hydrogens (primary N) is 1. The van der Waals surface area contributed by atoms with E-state index < -0.39 is 12.2 Å². The van der Waals surface area contributed by atoms with Crippen LogP contribution in [0.5, 0.6) is 5.75 Å². The lowest BCUT2D eigenvalue weighted by molar-refractivity contribution is -0.126. The molecule has 6 heteroatoms. The second kappa shape index (κ2) is 7.93. The number of alkyl halides is 2. The van der Waals surface area contributed by atoms with E-state index in [4.69, 9.17) is 5.73 Å². The van der Waals surface area contributed by atoms with Crippen LogP contribution in [0.25, 0.3) is 0 Å². The number of amides is 1. The summed E-state index contributed by atoms with van der Waals surface area (Å²) in [4.78, 5) is 11.9. The van der Waals surface area contributed by atoms with E-state index in [0.717, 1.165) is 12.0 Å². The van der Waals surface area contributed by atoms with Crippen LogP contribution in [-0.4, -0.2) is 24.6 Å². The molecule has 1 aromatic rings. The Kier molecular flexibility index (Phi) is 6.55. The van der Waals surface area contributed by atoms with Gasteiger partial charge in [0, 0.05) is 6.54 Å². The Morgan fingerprint density at radius 1 is 1.38 bits per heavy atom. The van der Waals surface area contributed by atoms with Crippen molar-refractivity contribution in [3.8, 4) is 5.75 Å². The number of benzene rings is 1. The Labute approximate surface area is 123 Å². The largest absolute Gasteiger partial charge is 0.435 e. The van der Waals surface area contributed by atoms with Gasteiger partial charge in [0.15, 0.2) is 0 Å². The van der Waals surface area contributed by atoms with E-state index in [0.29, 0.717) is 19.4 Å². The fraction of sp³-hybridized carbons (Fsp3) is 0.533. The van der Waals surface area contributed by atoms with E-state index in [1.807, 2.05) is 6.92 Å². The number of nitrogens with one attached hydrogen (secondary N) is 1. The Balaban J connectivity index is 2.40. The van der Waals surface area contributed by atoms with E-state index >= 15 is 0 Å². The van der Waals surface area contributed by atoms with Crippen LogP contribution < -0.4 is 15.8 Å². The third-order valence-electron chi connectivity index (χ3n) is 3.14. The zero-order valence-corrected chi connectivity index (χ0v) is 12.4. The summed E-state index contributed by atoms with van der Waals surface area (Å²) in [6.45, 7) is 1.31. The highest BCUT2D eigenvalue weighted by atomic mass is 19.3. The van der Waals surface area contributed by atoms with Crippen molar-refractivity contribution in [1.29, 1.82) is 0 Å². The van der Waals surface area contributed by atoms with Crippen LogP contribution in [0.15, 0.2) is 24.3 Å². The lowest BCUT2D eigenvalue weighted by Crippen LogP contribution is -2.51. The molecule has 0 spiro atoms. The number of rotatable bonds is 8. The van der Waals surface area contributed by atoms with Crippen molar-refractivity contribution in [2.24, 2.45) is 5.73 Å². The number of ether oxygens (including phenoxy) is 1. The van der Waals surface area contributed by atoms with Crippen LogP contribution in [0, 0.1) is 0 Å². The highest BCUT2D eigenvalue weighted by molar-refractivity contribution is 5.85. The number of carbonyl (C=O) groups excluding carboxylic acids is 1. The molecule has 0 aromatic heterocycles. The van der Waals surface area contributed by atoms with Crippen molar-refractivity contribution in [3.05, 3.63) is 29.8 Å². The van der Waals surface area contributed by atoms with Crippen LogP contribution >= 0.6 is 0 Å². The first-order valence-electron chi connectivity index (χ1n) is 6.96. The van der Waals surface area contributed by atoms with Gasteiger partial charge >= 0.3 is 6.61 Å². The van der Waals surface area contributed by atoms with Gasteiger partial charge in [-0.3, -0.25) is 4.79 Å². The summed E-state index contributed by atoms with van der Waals surface area (Å²) in [6, 6.07) is 6.34. The van der Waals surface area contributed by atoms with Crippen LogP contribution in [0.1, 0.15) is 32.3 Å². The molecule has 1 rings (SSSR count). The van der Waals surface area contributed by atoms with Gasteiger partial charge in [0.05, 0.1) is 5.54 Å². The number of halogens is 2. The summed E-state index contributed by atoms with van der Waals surface area (Å²) in [5, 5.41) is 2.79. The number of hydrogen-bond donors (Lipinski definition) is 2. The summed E-state index contributed by atoms with van der Waals surface area (Å²) in [6.07, 6.45) is 2.06. The Morgan fingerprint density at radius 3 is 2.52 bits per heavy atom. The lowest BCUT2D eigenvalue weighted by Gasteiger charge is -2.22. The molecule has 4 nitrogen and oxygen atoms in total. The van der Waals surface area contributed by atoms with E-state index in [1.54, 1.807) is 19.1 Å². The molecular formula is C15H22F2N2O2. The predicted octanol–water partition coefficient (Wildman–Crippen LogP) is 2.46. The van der Waals surface area contributed by atoms with Crippen molar-refractivity contribution in [3.63, 3.8) is 0 Å². The summed E-state index contributed by atoms with van der Waals surface area (Å²) in [5.74, 6) is -0.0581. The average molecular weight is 300 g/mol. The van der Waals surface area contributed by atoms with Crippen molar-refractivity contribution in [2.75, 3.05) is 6.54 Å². The molecule has 0 saturated carbocycles. The van der Waals surface area contributed by atoms with Crippen molar-refractivity contribution >= 4 is 5.91 Å². The Bertz CT molecular complexity index is 447. The monoisotopic (exact) mass is 300 g/mol. The minimum Gasteiger partial charge on any atom is -0.435 e. The predicted molar refractivity (Wildman–Crippen MR) is 77.3 cm³/mol. The quantitative estimate of drug-likeness (QED) is 0.775. The number of carbonyl (C=O) groups is 1. The topological polar surface area (TPSA) is 64.4 Å². The fourth-order valence-corrected chi connectivity index (χ4v) is 1.99. The minimum atomic E-state index is -2.82. The molecule has 0 bridgehead atoms. The van der Waals surface area contributed by atoms with E-state index in [9.17, 15) is 13.6 Å². The van der Waals surface area contributed by atoms with Gasteiger partial charge in [-0.25, -0.2) is 0 Å². The van der Waals surface area contributed by atoms with Gasteiger partial charge in [0.2, 0.25) is 5.91 Å². The normalized spacial score (nSPS) is 13.8. The molecule has 0 aliphatic rings. The first-order chi connectivity index (χ1) is 9.85. The van der Waals surface area contributed by atoms with Gasteiger partial charge in [0.1, 0.15) is 5.75 Å². The highest BCUT2D eigenvalue weighted by Gasteiger charge is 2.26. The smallest absolute Gasteiger partial charge is 0.387 e. The lowest BCUT2D eigenvalue weighted by atomic mass is 9.96. The number of hydrogen-bond acceptors (Lipinski definition) is 3. The molecule has 21 heavy (non-hydrogen) atoms. The first-order valence-corrected chi connectivity index (χ1v) is 6.96. The van der Waals surface area contributed by atoms with Gasteiger partial charge in [-0.1, -0.05) is 25.5 Å². The molecular weight excluding hydrogens is 278 g/mol. The molecule has 0 aliphatic carbocycles. The molecule has 118 valence electrons. The minimum absolute atomic E-state index is 0.121. The molecule has 1 aromatic carbocycles. The molecule has 1 atom stereocenters. The van der Waals surface area contributed by atoms with Gasteiger partial charge in [-0.2, -0.15) is 8.78 Å². The van der Waals surface area contributed by atoms with Crippen LogP contribution in [0.4, 0.5) is 8.78 Å². The fourth-order valence-electron chi connectivity index (χ4n) is 1.99. The Morgan fingerprint density at radius 2 is 2.00 bits per heavy atom. The Hall–Kier alpha value is -1.69. The molecule has 0 fully saturated rings. The molecule has 1 unspecified atom stereocenters. The van der Waals surface area contributed by atoms with Crippen LogP contribution in [0.3, 0.4) is 0 Å². The molecule has 0 radical (unpaired) electrons. The second-order valence-electron chi connectivity index (χ2n) is 5.20. The molecule has 3 N–H and O–H groups in total. The van der Waals surface area contributed by atoms with Crippen molar-refractivity contribution < 1.29 is 18.3 Å².